The molecule has 0 aromatic carbocycles. The predicted molar refractivity (Wildman–Crippen MR) is 67.3 cm³/mol. The Morgan fingerprint density at radius 2 is 2.12 bits per heavy atom. The molecule has 2 heteroatoms. The van der Waals surface area contributed by atoms with Crippen molar-refractivity contribution in [3.8, 4) is 0 Å². The zero-order valence-electron chi connectivity index (χ0n) is 10.6. The molecule has 1 fully saturated rings. The van der Waals surface area contributed by atoms with Crippen LogP contribution < -0.4 is 0 Å². The number of aromatic nitrogens is 1. The number of piperidine rings is 1. The van der Waals surface area contributed by atoms with Gasteiger partial charge in [0.2, 0.25) is 0 Å². The van der Waals surface area contributed by atoms with Gasteiger partial charge in [0.25, 0.3) is 0 Å². The molecule has 0 aliphatic carbocycles. The summed E-state index contributed by atoms with van der Waals surface area (Å²) >= 11 is 0. The summed E-state index contributed by atoms with van der Waals surface area (Å²) in [5.41, 5.74) is 1.62. The molecule has 1 aromatic heterocycles. The number of likely N-dealkylation sites (tertiary alicyclic amines) is 1. The molecule has 88 valence electrons. The minimum absolute atomic E-state index is 0.251. The summed E-state index contributed by atoms with van der Waals surface area (Å²) in [6.45, 7) is 8.13. The van der Waals surface area contributed by atoms with Crippen LogP contribution in [0.1, 0.15) is 51.6 Å². The summed E-state index contributed by atoms with van der Waals surface area (Å²) in [5, 5.41) is 0. The van der Waals surface area contributed by atoms with E-state index in [1.165, 1.54) is 31.4 Å². The van der Waals surface area contributed by atoms with E-state index in [0.29, 0.717) is 6.04 Å². The van der Waals surface area contributed by atoms with Crippen LogP contribution in [0.2, 0.25) is 0 Å². The van der Waals surface area contributed by atoms with E-state index in [2.05, 4.69) is 36.7 Å². The van der Waals surface area contributed by atoms with Gasteiger partial charge in [-0.3, -0.25) is 9.88 Å². The third-order valence-electron chi connectivity index (χ3n) is 3.43. The maximum absolute atomic E-state index is 4.25. The Hall–Kier alpha value is -0.890. The molecule has 0 radical (unpaired) electrons. The Bertz CT molecular complexity index is 326. The summed E-state index contributed by atoms with van der Waals surface area (Å²) in [7, 11) is 0. The molecule has 0 unspecified atom stereocenters. The second kappa shape index (κ2) is 4.54. The third kappa shape index (κ3) is 2.43. The fraction of sp³-hybridized carbons (Fsp3) is 0.643. The van der Waals surface area contributed by atoms with Crippen LogP contribution >= 0.6 is 0 Å². The van der Waals surface area contributed by atoms with Crippen LogP contribution in [0.4, 0.5) is 0 Å². The topological polar surface area (TPSA) is 16.1 Å². The van der Waals surface area contributed by atoms with Gasteiger partial charge in [0.05, 0.1) is 0 Å². The van der Waals surface area contributed by atoms with E-state index in [9.17, 15) is 0 Å². The fourth-order valence-electron chi connectivity index (χ4n) is 2.65. The summed E-state index contributed by atoms with van der Waals surface area (Å²) in [6, 6.07) is 4.81. The van der Waals surface area contributed by atoms with E-state index in [4.69, 9.17) is 0 Å². The lowest BCUT2D eigenvalue weighted by Crippen LogP contribution is -2.46. The first kappa shape index (κ1) is 11.6. The van der Waals surface area contributed by atoms with Crippen molar-refractivity contribution in [3.63, 3.8) is 0 Å². The first-order chi connectivity index (χ1) is 7.59. The Balaban J connectivity index is 2.24. The average Bonchev–Trinajstić information content (AvgIpc) is 2.29. The van der Waals surface area contributed by atoms with Crippen molar-refractivity contribution in [1.29, 1.82) is 0 Å². The second-order valence-electron chi connectivity index (χ2n) is 5.66. The number of pyridine rings is 1. The summed E-state index contributed by atoms with van der Waals surface area (Å²) in [5.74, 6) is 0. The van der Waals surface area contributed by atoms with Gasteiger partial charge in [0.15, 0.2) is 0 Å². The van der Waals surface area contributed by atoms with Gasteiger partial charge < -0.3 is 0 Å². The van der Waals surface area contributed by atoms with Gasteiger partial charge in [0.1, 0.15) is 0 Å². The van der Waals surface area contributed by atoms with Gasteiger partial charge in [-0.25, -0.2) is 0 Å². The van der Waals surface area contributed by atoms with Crippen LogP contribution in [0.5, 0.6) is 0 Å². The van der Waals surface area contributed by atoms with Gasteiger partial charge in [-0.2, -0.15) is 0 Å². The average molecular weight is 218 g/mol. The highest BCUT2D eigenvalue weighted by atomic mass is 15.2. The predicted octanol–water partition coefficient (Wildman–Crippen LogP) is 3.41. The molecular weight excluding hydrogens is 196 g/mol. The molecular formula is C14H22N2. The van der Waals surface area contributed by atoms with Crippen LogP contribution in [0.15, 0.2) is 24.5 Å². The van der Waals surface area contributed by atoms with Crippen molar-refractivity contribution in [1.82, 2.24) is 9.88 Å². The van der Waals surface area contributed by atoms with E-state index >= 15 is 0 Å². The van der Waals surface area contributed by atoms with E-state index in [-0.39, 0.29) is 5.54 Å². The van der Waals surface area contributed by atoms with Crippen molar-refractivity contribution in [2.75, 3.05) is 6.54 Å². The van der Waals surface area contributed by atoms with Gasteiger partial charge >= 0.3 is 0 Å². The van der Waals surface area contributed by atoms with Crippen molar-refractivity contribution < 1.29 is 0 Å². The van der Waals surface area contributed by atoms with Crippen LogP contribution in [-0.2, 0) is 0 Å². The number of hydrogen-bond donors (Lipinski definition) is 0. The number of nitrogens with zero attached hydrogens (tertiary/aromatic N) is 2. The maximum atomic E-state index is 4.25. The van der Waals surface area contributed by atoms with Crippen molar-refractivity contribution >= 4 is 0 Å². The van der Waals surface area contributed by atoms with Crippen molar-refractivity contribution in [3.05, 3.63) is 30.1 Å². The van der Waals surface area contributed by atoms with Gasteiger partial charge in [0, 0.05) is 24.0 Å². The van der Waals surface area contributed by atoms with E-state index < -0.39 is 0 Å². The lowest BCUT2D eigenvalue weighted by molar-refractivity contribution is 0.0507. The normalized spacial score (nSPS) is 23.3. The lowest BCUT2D eigenvalue weighted by atomic mass is 9.91. The minimum atomic E-state index is 0.251. The Morgan fingerprint density at radius 3 is 2.75 bits per heavy atom. The second-order valence-corrected chi connectivity index (χ2v) is 5.66. The van der Waals surface area contributed by atoms with Crippen molar-refractivity contribution in [2.45, 2.75) is 51.6 Å². The maximum Gasteiger partial charge on any atom is 0.0368 e. The molecule has 0 saturated carbocycles. The summed E-state index contributed by atoms with van der Waals surface area (Å²) in [4.78, 5) is 6.87. The molecule has 1 saturated heterocycles. The number of rotatable bonds is 1. The molecule has 2 rings (SSSR count). The molecule has 2 heterocycles. The lowest BCUT2D eigenvalue weighted by Gasteiger charge is -2.44. The standard InChI is InChI=1S/C14H22N2/c1-14(2,3)16-10-5-4-8-13(16)12-7-6-9-15-11-12/h6-7,9,11,13H,4-5,8,10H2,1-3H3/t13-/m0/s1. The van der Waals surface area contributed by atoms with Crippen LogP contribution in [0.25, 0.3) is 0 Å². The van der Waals surface area contributed by atoms with Crippen LogP contribution in [0, 0.1) is 0 Å². The Kier molecular flexibility index (Phi) is 3.29. The molecule has 0 spiro atoms. The van der Waals surface area contributed by atoms with Crippen LogP contribution in [-0.4, -0.2) is 22.0 Å². The molecule has 0 N–H and O–H groups in total. The first-order valence-electron chi connectivity index (χ1n) is 6.26. The largest absolute Gasteiger partial charge is 0.291 e. The van der Waals surface area contributed by atoms with E-state index in [0.717, 1.165) is 0 Å². The summed E-state index contributed by atoms with van der Waals surface area (Å²) in [6.07, 6.45) is 7.81. The van der Waals surface area contributed by atoms with Gasteiger partial charge in [-0.15, -0.1) is 0 Å². The monoisotopic (exact) mass is 218 g/mol. The smallest absolute Gasteiger partial charge is 0.0368 e. The minimum Gasteiger partial charge on any atom is -0.291 e. The third-order valence-corrected chi connectivity index (χ3v) is 3.43. The Labute approximate surface area is 98.7 Å². The zero-order valence-corrected chi connectivity index (χ0v) is 10.6. The molecule has 0 amide bonds. The molecule has 2 nitrogen and oxygen atoms in total. The molecule has 1 aromatic rings. The quantitative estimate of drug-likeness (QED) is 0.718. The Morgan fingerprint density at radius 1 is 1.31 bits per heavy atom. The number of hydrogen-bond acceptors (Lipinski definition) is 2. The highest BCUT2D eigenvalue weighted by Gasteiger charge is 2.31. The van der Waals surface area contributed by atoms with E-state index in [1.54, 1.807) is 0 Å². The van der Waals surface area contributed by atoms with Crippen molar-refractivity contribution in [2.24, 2.45) is 0 Å². The summed E-state index contributed by atoms with van der Waals surface area (Å²) < 4.78 is 0. The SMILES string of the molecule is CC(C)(C)N1CCCC[C@H]1c1cccnc1. The van der Waals surface area contributed by atoms with E-state index in [1.807, 2.05) is 18.5 Å². The first-order valence-corrected chi connectivity index (χ1v) is 6.26. The highest BCUT2D eigenvalue weighted by molar-refractivity contribution is 5.15. The van der Waals surface area contributed by atoms with Gasteiger partial charge in [-0.1, -0.05) is 12.5 Å². The molecule has 1 aliphatic rings. The highest BCUT2D eigenvalue weighted by Crippen LogP contribution is 2.35. The molecule has 1 aliphatic heterocycles. The van der Waals surface area contributed by atoms with Crippen LogP contribution in [0.3, 0.4) is 0 Å². The van der Waals surface area contributed by atoms with Gasteiger partial charge in [-0.05, 0) is 51.8 Å². The fourth-order valence-corrected chi connectivity index (χ4v) is 2.65. The molecule has 16 heavy (non-hydrogen) atoms. The molecule has 1 atom stereocenters. The zero-order chi connectivity index (χ0) is 11.6. The molecule has 0 bridgehead atoms.